The van der Waals surface area contributed by atoms with Crippen LogP contribution in [0.25, 0.3) is 0 Å². The molecule has 1 aliphatic rings. The summed E-state index contributed by atoms with van der Waals surface area (Å²) in [5.41, 5.74) is 8.30. The highest BCUT2D eigenvalue weighted by atomic mass is 35.5. The molecule has 0 spiro atoms. The molecule has 0 aromatic carbocycles. The molecule has 1 atom stereocenters. The van der Waals surface area contributed by atoms with Crippen molar-refractivity contribution in [2.45, 2.75) is 32.2 Å². The topological polar surface area (TPSA) is 26.0 Å². The van der Waals surface area contributed by atoms with E-state index in [2.05, 4.69) is 6.92 Å². The molecule has 0 radical (unpaired) electrons. The largest absolute Gasteiger partial charge is 0.326 e. The van der Waals surface area contributed by atoms with Gasteiger partial charge < -0.3 is 5.73 Å². The molecule has 3 heteroatoms. The molecular weight excluding hydrogens is 190 g/mol. The van der Waals surface area contributed by atoms with Gasteiger partial charge in [0, 0.05) is 11.4 Å². The van der Waals surface area contributed by atoms with Gasteiger partial charge in [-0.1, -0.05) is 18.5 Å². The summed E-state index contributed by atoms with van der Waals surface area (Å²) in [5, 5.41) is 0. The maximum Gasteiger partial charge on any atom is 0.0979 e. The molecule has 2 rings (SSSR count). The van der Waals surface area contributed by atoms with Gasteiger partial charge in [0.05, 0.1) is 4.34 Å². The van der Waals surface area contributed by atoms with Crippen molar-refractivity contribution in [1.82, 2.24) is 0 Å². The molecule has 12 heavy (non-hydrogen) atoms. The molecule has 0 aliphatic heterocycles. The molecule has 1 aliphatic carbocycles. The first-order valence-corrected chi connectivity index (χ1v) is 5.43. The minimum Gasteiger partial charge on any atom is -0.326 e. The lowest BCUT2D eigenvalue weighted by molar-refractivity contribution is 0.740. The Morgan fingerprint density at radius 2 is 2.42 bits per heavy atom. The zero-order valence-electron chi connectivity index (χ0n) is 7.06. The first-order valence-electron chi connectivity index (χ1n) is 4.24. The number of halogens is 1. The van der Waals surface area contributed by atoms with Gasteiger partial charge in [0.1, 0.15) is 0 Å². The fraction of sp³-hybridized carbons (Fsp3) is 0.556. The molecule has 2 N–H and O–H groups in total. The standard InChI is InChI=1S/C9H12ClNS/c1-5-2-3-7-8(5)6(4-11)9(10)12-7/h5H,2-4,11H2,1H3. The zero-order chi connectivity index (χ0) is 8.72. The van der Waals surface area contributed by atoms with E-state index in [0.29, 0.717) is 12.5 Å². The Morgan fingerprint density at radius 3 is 3.08 bits per heavy atom. The quantitative estimate of drug-likeness (QED) is 0.743. The number of thiophene rings is 1. The lowest BCUT2D eigenvalue weighted by Gasteiger charge is -2.04. The number of rotatable bonds is 1. The smallest absolute Gasteiger partial charge is 0.0979 e. The maximum atomic E-state index is 6.07. The number of hydrogen-bond acceptors (Lipinski definition) is 2. The molecule has 1 aromatic heterocycles. The van der Waals surface area contributed by atoms with Gasteiger partial charge in [-0.2, -0.15) is 0 Å². The van der Waals surface area contributed by atoms with E-state index in [-0.39, 0.29) is 0 Å². The third-order valence-electron chi connectivity index (χ3n) is 2.58. The van der Waals surface area contributed by atoms with Crippen LogP contribution in [0.15, 0.2) is 0 Å². The van der Waals surface area contributed by atoms with Gasteiger partial charge in [-0.15, -0.1) is 11.3 Å². The van der Waals surface area contributed by atoms with Crippen LogP contribution in [-0.4, -0.2) is 0 Å². The van der Waals surface area contributed by atoms with E-state index in [1.807, 2.05) is 0 Å². The SMILES string of the molecule is CC1CCc2sc(Cl)c(CN)c21. The minimum atomic E-state index is 0.592. The molecule has 1 unspecified atom stereocenters. The van der Waals surface area contributed by atoms with E-state index in [1.165, 1.54) is 28.8 Å². The number of nitrogens with two attached hydrogens (primary N) is 1. The summed E-state index contributed by atoms with van der Waals surface area (Å²) in [5.74, 6) is 0.669. The molecule has 0 amide bonds. The van der Waals surface area contributed by atoms with E-state index in [9.17, 15) is 0 Å². The van der Waals surface area contributed by atoms with Crippen molar-refractivity contribution in [3.8, 4) is 0 Å². The van der Waals surface area contributed by atoms with Crippen molar-refractivity contribution in [3.63, 3.8) is 0 Å². The number of fused-ring (bicyclic) bond motifs is 1. The minimum absolute atomic E-state index is 0.592. The van der Waals surface area contributed by atoms with Gasteiger partial charge >= 0.3 is 0 Å². The fourth-order valence-electron chi connectivity index (χ4n) is 1.94. The van der Waals surface area contributed by atoms with Crippen molar-refractivity contribution in [2.75, 3.05) is 0 Å². The molecule has 0 fully saturated rings. The summed E-state index contributed by atoms with van der Waals surface area (Å²) < 4.78 is 0.911. The average Bonchev–Trinajstić information content (AvgIpc) is 2.52. The summed E-state index contributed by atoms with van der Waals surface area (Å²) in [6.07, 6.45) is 2.46. The second-order valence-electron chi connectivity index (χ2n) is 3.34. The predicted molar refractivity (Wildman–Crippen MR) is 54.0 cm³/mol. The molecule has 1 nitrogen and oxygen atoms in total. The first-order chi connectivity index (χ1) is 5.74. The van der Waals surface area contributed by atoms with Gasteiger partial charge in [0.2, 0.25) is 0 Å². The van der Waals surface area contributed by atoms with Crippen LogP contribution in [0, 0.1) is 0 Å². The summed E-state index contributed by atoms with van der Waals surface area (Å²) >= 11 is 7.78. The Bertz CT molecular complexity index is 306. The van der Waals surface area contributed by atoms with E-state index in [0.717, 1.165) is 4.34 Å². The highest BCUT2D eigenvalue weighted by Crippen LogP contribution is 2.43. The Balaban J connectivity index is 2.54. The molecule has 1 aromatic rings. The highest BCUT2D eigenvalue weighted by Gasteiger charge is 2.25. The van der Waals surface area contributed by atoms with Crippen LogP contribution in [-0.2, 0) is 13.0 Å². The zero-order valence-corrected chi connectivity index (χ0v) is 8.63. The number of hydrogen-bond donors (Lipinski definition) is 1. The normalized spacial score (nSPS) is 21.4. The van der Waals surface area contributed by atoms with E-state index < -0.39 is 0 Å². The van der Waals surface area contributed by atoms with Crippen molar-refractivity contribution < 1.29 is 0 Å². The Hall–Kier alpha value is -0.0500. The third-order valence-corrected chi connectivity index (χ3v) is 4.13. The van der Waals surface area contributed by atoms with Crippen LogP contribution in [0.5, 0.6) is 0 Å². The van der Waals surface area contributed by atoms with E-state index in [1.54, 1.807) is 11.3 Å². The maximum absolute atomic E-state index is 6.07. The van der Waals surface area contributed by atoms with Gasteiger partial charge in [-0.25, -0.2) is 0 Å². The Labute approximate surface area is 81.5 Å². The van der Waals surface area contributed by atoms with Gasteiger partial charge in [0.25, 0.3) is 0 Å². The van der Waals surface area contributed by atoms with Crippen molar-refractivity contribution in [1.29, 1.82) is 0 Å². The monoisotopic (exact) mass is 201 g/mol. The van der Waals surface area contributed by atoms with Crippen LogP contribution in [0.1, 0.15) is 35.3 Å². The summed E-state index contributed by atoms with van der Waals surface area (Å²) in [4.78, 5) is 1.47. The highest BCUT2D eigenvalue weighted by molar-refractivity contribution is 7.16. The molecular formula is C9H12ClNS. The van der Waals surface area contributed by atoms with Gasteiger partial charge in [0.15, 0.2) is 0 Å². The molecule has 0 bridgehead atoms. The second-order valence-corrected chi connectivity index (χ2v) is 5.04. The van der Waals surface area contributed by atoms with Crippen LogP contribution in [0.2, 0.25) is 4.34 Å². The third kappa shape index (κ3) is 1.10. The van der Waals surface area contributed by atoms with E-state index in [4.69, 9.17) is 17.3 Å². The lowest BCUT2D eigenvalue weighted by Crippen LogP contribution is -2.00. The Morgan fingerprint density at radius 1 is 1.67 bits per heavy atom. The fourth-order valence-corrected chi connectivity index (χ4v) is 3.58. The average molecular weight is 202 g/mol. The van der Waals surface area contributed by atoms with Crippen LogP contribution in [0.4, 0.5) is 0 Å². The predicted octanol–water partition coefficient (Wildman–Crippen LogP) is 2.91. The van der Waals surface area contributed by atoms with Crippen molar-refractivity contribution in [2.24, 2.45) is 5.73 Å². The van der Waals surface area contributed by atoms with Crippen molar-refractivity contribution >= 4 is 22.9 Å². The van der Waals surface area contributed by atoms with Crippen molar-refractivity contribution in [3.05, 3.63) is 20.3 Å². The molecule has 1 heterocycles. The molecule has 66 valence electrons. The van der Waals surface area contributed by atoms with Crippen LogP contribution >= 0.6 is 22.9 Å². The van der Waals surface area contributed by atoms with Crippen LogP contribution in [0.3, 0.4) is 0 Å². The summed E-state index contributed by atoms with van der Waals surface area (Å²) in [7, 11) is 0. The first kappa shape index (κ1) is 8.54. The second kappa shape index (κ2) is 3.02. The Kier molecular flexibility index (Phi) is 2.15. The van der Waals surface area contributed by atoms with Crippen LogP contribution < -0.4 is 5.73 Å². The van der Waals surface area contributed by atoms with Gasteiger partial charge in [-0.3, -0.25) is 0 Å². The molecule has 0 saturated heterocycles. The lowest BCUT2D eigenvalue weighted by atomic mass is 10.0. The van der Waals surface area contributed by atoms with Gasteiger partial charge in [-0.05, 0) is 29.9 Å². The number of aryl methyl sites for hydroxylation is 1. The molecule has 0 saturated carbocycles. The summed E-state index contributed by atoms with van der Waals surface area (Å²) in [6.45, 7) is 2.85. The summed E-state index contributed by atoms with van der Waals surface area (Å²) in [6, 6.07) is 0. The van der Waals surface area contributed by atoms with E-state index >= 15 is 0 Å².